The fourth-order valence-electron chi connectivity index (χ4n) is 6.55. The number of hydrogen-bond donors (Lipinski definition) is 1. The van der Waals surface area contributed by atoms with E-state index in [1.54, 1.807) is 0 Å². The average Bonchev–Trinajstić information content (AvgIpc) is 3.32. The third kappa shape index (κ3) is 53.5. The third-order valence-electron chi connectivity index (χ3n) is 10.7. The molecule has 2 unspecified atom stereocenters. The van der Waals surface area contributed by atoms with Gasteiger partial charge in [-0.2, -0.15) is 0 Å². The number of phosphoric acid groups is 1. The van der Waals surface area contributed by atoms with Crippen molar-refractivity contribution < 1.29 is 42.1 Å². The first-order valence-corrected chi connectivity index (χ1v) is 28.4. The van der Waals surface area contributed by atoms with E-state index in [2.05, 4.69) is 148 Å². The van der Waals surface area contributed by atoms with Gasteiger partial charge in [0.05, 0.1) is 27.7 Å². The van der Waals surface area contributed by atoms with Crippen LogP contribution in [0.1, 0.15) is 181 Å². The smallest absolute Gasteiger partial charge is 0.462 e. The van der Waals surface area contributed by atoms with Crippen molar-refractivity contribution in [3.63, 3.8) is 0 Å². The largest absolute Gasteiger partial charge is 0.472 e. The summed E-state index contributed by atoms with van der Waals surface area (Å²) in [6.07, 6.45) is 73.0. The Balaban J connectivity index is 4.00. The lowest BCUT2D eigenvalue weighted by atomic mass is 10.1. The molecule has 396 valence electrons. The topological polar surface area (TPSA) is 108 Å². The summed E-state index contributed by atoms with van der Waals surface area (Å²) in [5.41, 5.74) is 0. The average molecular weight is 993 g/mol. The first kappa shape index (κ1) is 66.2. The van der Waals surface area contributed by atoms with Crippen molar-refractivity contribution in [3.8, 4) is 0 Å². The molecular weight excluding hydrogens is 894 g/mol. The molecule has 0 aliphatic carbocycles. The lowest BCUT2D eigenvalue weighted by Crippen LogP contribution is -2.37. The first-order chi connectivity index (χ1) is 34.0. The van der Waals surface area contributed by atoms with Crippen molar-refractivity contribution in [2.24, 2.45) is 0 Å². The maximum Gasteiger partial charge on any atom is 0.472 e. The molecule has 0 saturated heterocycles. The summed E-state index contributed by atoms with van der Waals surface area (Å²) in [6.45, 7) is 4.17. The van der Waals surface area contributed by atoms with Crippen molar-refractivity contribution in [2.45, 2.75) is 187 Å². The molecule has 0 aromatic heterocycles. The number of rotatable bonds is 47. The van der Waals surface area contributed by atoms with Crippen LogP contribution < -0.4 is 0 Å². The van der Waals surface area contributed by atoms with Crippen LogP contribution in [0.25, 0.3) is 0 Å². The van der Waals surface area contributed by atoms with E-state index in [0.717, 1.165) is 128 Å². The second-order valence-corrected chi connectivity index (χ2v) is 20.0. The molecular formula is C60H99NO8P+. The molecule has 0 aliphatic heterocycles. The number of ether oxygens (including phenoxy) is 2. The molecule has 1 N–H and O–H groups in total. The van der Waals surface area contributed by atoms with Crippen LogP contribution in [0.2, 0.25) is 0 Å². The number of phosphoric ester groups is 1. The summed E-state index contributed by atoms with van der Waals surface area (Å²) in [5, 5.41) is 0. The molecule has 2 atom stereocenters. The van der Waals surface area contributed by atoms with Gasteiger partial charge in [-0.05, 0) is 96.3 Å². The van der Waals surface area contributed by atoms with E-state index in [0.29, 0.717) is 17.4 Å². The van der Waals surface area contributed by atoms with Gasteiger partial charge in [0, 0.05) is 12.8 Å². The van der Waals surface area contributed by atoms with Gasteiger partial charge in [0.1, 0.15) is 19.8 Å². The summed E-state index contributed by atoms with van der Waals surface area (Å²) in [7, 11) is 1.45. The van der Waals surface area contributed by atoms with Crippen LogP contribution in [-0.2, 0) is 32.7 Å². The Kier molecular flexibility index (Phi) is 47.3. The Morgan fingerprint density at radius 3 is 1.21 bits per heavy atom. The van der Waals surface area contributed by atoms with E-state index in [1.165, 1.54) is 19.3 Å². The number of allylic oxidation sites excluding steroid dienone is 22. The molecule has 9 nitrogen and oxygen atoms in total. The molecule has 0 bridgehead atoms. The normalized spacial score (nSPS) is 14.4. The Bertz CT molecular complexity index is 1640. The van der Waals surface area contributed by atoms with Crippen molar-refractivity contribution in [1.29, 1.82) is 0 Å². The fraction of sp³-hybridized carbons (Fsp3) is 0.600. The highest BCUT2D eigenvalue weighted by Gasteiger charge is 2.27. The second-order valence-electron chi connectivity index (χ2n) is 18.5. The molecule has 0 fully saturated rings. The molecule has 0 amide bonds. The quantitative estimate of drug-likeness (QED) is 0.0211. The molecule has 0 rings (SSSR count). The zero-order valence-corrected chi connectivity index (χ0v) is 45.6. The maximum atomic E-state index is 12.7. The van der Waals surface area contributed by atoms with Gasteiger partial charge >= 0.3 is 19.8 Å². The van der Waals surface area contributed by atoms with E-state index in [4.69, 9.17) is 18.5 Å². The van der Waals surface area contributed by atoms with Gasteiger partial charge in [0.2, 0.25) is 0 Å². The summed E-state index contributed by atoms with van der Waals surface area (Å²) in [4.78, 5) is 35.1. The van der Waals surface area contributed by atoms with Gasteiger partial charge in [-0.25, -0.2) is 4.57 Å². The van der Waals surface area contributed by atoms with Crippen LogP contribution >= 0.6 is 7.82 Å². The van der Waals surface area contributed by atoms with Crippen LogP contribution in [0.15, 0.2) is 134 Å². The maximum absolute atomic E-state index is 12.7. The zero-order valence-electron chi connectivity index (χ0n) is 44.7. The third-order valence-corrected chi connectivity index (χ3v) is 11.7. The van der Waals surface area contributed by atoms with Crippen molar-refractivity contribution in [1.82, 2.24) is 0 Å². The minimum absolute atomic E-state index is 0.0234. The molecule has 0 aromatic carbocycles. The minimum Gasteiger partial charge on any atom is -0.462 e. The van der Waals surface area contributed by atoms with E-state index in [-0.39, 0.29) is 32.0 Å². The standard InChI is InChI=1S/C60H98NO8P/c1-6-8-10-12-13-14-15-16-17-18-19-20-21-22-23-24-25-26-27-28-29-30-31-32-33-34-35-36-37-38-39-40-41-42-43-44-45-46-47-49-51-53-60(63)69-58(56-66-59(62)52-50-48-11-9-7-2)57-68-70(64,65)67-55-54-61(3,4)5/h8,10,13-14,16-17,19-20,22-23,25-26,28-29,31-32,34-35,37-38,40-41,58H,6-7,9,11-12,15,18,21,24,27,30,33,36,39,42-57H2,1-5H3/p+1/b10-8-,14-13-,17-16-,20-19-,23-22-,26-25-,29-28-,32-31-,35-34-,38-37-,41-40-. The van der Waals surface area contributed by atoms with Gasteiger partial charge < -0.3 is 18.9 Å². The monoisotopic (exact) mass is 993 g/mol. The molecule has 0 aliphatic rings. The predicted molar refractivity (Wildman–Crippen MR) is 297 cm³/mol. The minimum atomic E-state index is -4.38. The Morgan fingerprint density at radius 1 is 0.457 bits per heavy atom. The molecule has 0 saturated carbocycles. The highest BCUT2D eigenvalue weighted by molar-refractivity contribution is 7.47. The van der Waals surface area contributed by atoms with Crippen LogP contribution in [0.3, 0.4) is 0 Å². The van der Waals surface area contributed by atoms with Crippen LogP contribution in [0.4, 0.5) is 0 Å². The number of esters is 2. The van der Waals surface area contributed by atoms with Crippen LogP contribution in [0.5, 0.6) is 0 Å². The van der Waals surface area contributed by atoms with Crippen molar-refractivity contribution in [2.75, 3.05) is 47.5 Å². The van der Waals surface area contributed by atoms with Gasteiger partial charge in [-0.15, -0.1) is 0 Å². The van der Waals surface area contributed by atoms with E-state index in [1.807, 2.05) is 21.1 Å². The van der Waals surface area contributed by atoms with Gasteiger partial charge in [0.25, 0.3) is 0 Å². The van der Waals surface area contributed by atoms with Crippen molar-refractivity contribution in [3.05, 3.63) is 134 Å². The summed E-state index contributed by atoms with van der Waals surface area (Å²) >= 11 is 0. The number of hydrogen-bond acceptors (Lipinski definition) is 7. The number of carbonyl (C=O) groups is 2. The molecule has 0 radical (unpaired) electrons. The molecule has 70 heavy (non-hydrogen) atoms. The number of carbonyl (C=O) groups excluding carboxylic acids is 2. The fourth-order valence-corrected chi connectivity index (χ4v) is 7.29. The molecule has 0 spiro atoms. The summed E-state index contributed by atoms with van der Waals surface area (Å²) in [5.74, 6) is -0.836. The Labute approximate surface area is 428 Å². The summed E-state index contributed by atoms with van der Waals surface area (Å²) < 4.78 is 34.1. The lowest BCUT2D eigenvalue weighted by molar-refractivity contribution is -0.870. The number of nitrogens with zero attached hydrogens (tertiary/aromatic N) is 1. The Hall–Kier alpha value is -3.85. The number of unbranched alkanes of at least 4 members (excludes halogenated alkanes) is 11. The first-order valence-electron chi connectivity index (χ1n) is 26.9. The van der Waals surface area contributed by atoms with Gasteiger partial charge in [0.15, 0.2) is 6.10 Å². The lowest BCUT2D eigenvalue weighted by Gasteiger charge is -2.24. The number of quaternary nitrogens is 1. The molecule has 0 heterocycles. The molecule has 10 heteroatoms. The van der Waals surface area contributed by atoms with Crippen molar-refractivity contribution >= 4 is 19.8 Å². The highest BCUT2D eigenvalue weighted by atomic mass is 31.2. The predicted octanol–water partition coefficient (Wildman–Crippen LogP) is 16.6. The Morgan fingerprint density at radius 2 is 0.814 bits per heavy atom. The SMILES string of the molecule is CC/C=C\C/C=C\C/C=C\C/C=C\C/C=C\C/C=C\C/C=C\C/C=C\C/C=C\C/C=C\C/C=C\CCCCCCCCCC(=O)OC(COC(=O)CCCCCCC)COP(=O)(O)OCC[N+](C)(C)C. The number of likely N-dealkylation sites (N-methyl/N-ethyl adjacent to an activating group) is 1. The van der Waals surface area contributed by atoms with Gasteiger partial charge in [-0.3, -0.25) is 18.6 Å². The van der Waals surface area contributed by atoms with E-state index >= 15 is 0 Å². The molecule has 0 aromatic rings. The zero-order chi connectivity index (χ0) is 51.3. The van der Waals surface area contributed by atoms with Gasteiger partial charge in [-0.1, -0.05) is 205 Å². The van der Waals surface area contributed by atoms with E-state index < -0.39 is 26.5 Å². The van der Waals surface area contributed by atoms with Crippen LogP contribution in [0, 0.1) is 0 Å². The second kappa shape index (κ2) is 50.1. The van der Waals surface area contributed by atoms with E-state index in [9.17, 15) is 19.0 Å². The summed E-state index contributed by atoms with van der Waals surface area (Å²) in [6, 6.07) is 0. The van der Waals surface area contributed by atoms with Crippen LogP contribution in [-0.4, -0.2) is 74.9 Å². The highest BCUT2D eigenvalue weighted by Crippen LogP contribution is 2.43.